The van der Waals surface area contributed by atoms with Crippen molar-refractivity contribution in [2.45, 2.75) is 46.1 Å². The Morgan fingerprint density at radius 2 is 1.92 bits per heavy atom. The molecule has 1 aromatic rings. The van der Waals surface area contributed by atoms with Crippen LogP contribution in [-0.4, -0.2) is 47.4 Å². The molecule has 0 N–H and O–H groups in total. The maximum Gasteiger partial charge on any atom is 0.410 e. The Morgan fingerprint density at radius 3 is 2.46 bits per heavy atom. The van der Waals surface area contributed by atoms with Crippen LogP contribution in [0.1, 0.15) is 55.4 Å². The van der Waals surface area contributed by atoms with Crippen molar-refractivity contribution in [2.75, 3.05) is 19.7 Å². The molecule has 2 fully saturated rings. The van der Waals surface area contributed by atoms with Gasteiger partial charge >= 0.3 is 12.1 Å². The standard InChI is InChI=1S/C17H24N2O5/c1-6-22-15(20)12-9(2)24-18-14(12)13-10-7-19(8-11(10)13)16(21)23-17(3,4)5/h10-11,13H,6-8H2,1-5H3. The van der Waals surface area contributed by atoms with E-state index < -0.39 is 5.60 Å². The molecule has 7 heteroatoms. The predicted octanol–water partition coefficient (Wildman–Crippen LogP) is 2.74. The van der Waals surface area contributed by atoms with Crippen molar-refractivity contribution in [1.82, 2.24) is 10.1 Å². The molecule has 2 aliphatic rings. The van der Waals surface area contributed by atoms with Crippen LogP contribution in [0.15, 0.2) is 4.52 Å². The summed E-state index contributed by atoms with van der Waals surface area (Å²) in [5, 5.41) is 4.08. The minimum Gasteiger partial charge on any atom is -0.462 e. The Bertz CT molecular complexity index is 648. The monoisotopic (exact) mass is 336 g/mol. The van der Waals surface area contributed by atoms with Crippen LogP contribution >= 0.6 is 0 Å². The minimum atomic E-state index is -0.496. The third-order valence-electron chi connectivity index (χ3n) is 4.53. The van der Waals surface area contributed by atoms with Crippen LogP contribution in [0, 0.1) is 18.8 Å². The van der Waals surface area contributed by atoms with Crippen LogP contribution < -0.4 is 0 Å². The third-order valence-corrected chi connectivity index (χ3v) is 4.53. The topological polar surface area (TPSA) is 81.9 Å². The quantitative estimate of drug-likeness (QED) is 0.789. The summed E-state index contributed by atoms with van der Waals surface area (Å²) in [5.74, 6) is 0.851. The summed E-state index contributed by atoms with van der Waals surface area (Å²) in [6, 6.07) is 0. The fraction of sp³-hybridized carbons (Fsp3) is 0.706. The van der Waals surface area contributed by atoms with Crippen molar-refractivity contribution in [3.8, 4) is 0 Å². The molecule has 2 atom stereocenters. The average molecular weight is 336 g/mol. The summed E-state index contributed by atoms with van der Waals surface area (Å²) in [5.41, 5.74) is 0.619. The fourth-order valence-electron chi connectivity index (χ4n) is 3.48. The number of fused-ring (bicyclic) bond motifs is 1. The number of esters is 1. The highest BCUT2D eigenvalue weighted by Gasteiger charge is 2.60. The van der Waals surface area contributed by atoms with Crippen molar-refractivity contribution in [2.24, 2.45) is 11.8 Å². The number of carbonyl (C=O) groups is 2. The highest BCUT2D eigenvalue weighted by atomic mass is 16.6. The minimum absolute atomic E-state index is 0.153. The Kier molecular flexibility index (Phi) is 4.05. The molecule has 1 saturated carbocycles. The number of hydrogen-bond acceptors (Lipinski definition) is 6. The molecule has 0 spiro atoms. The lowest BCUT2D eigenvalue weighted by Gasteiger charge is -2.25. The summed E-state index contributed by atoms with van der Waals surface area (Å²) in [6.45, 7) is 10.6. The molecule has 3 rings (SSSR count). The SMILES string of the molecule is CCOC(=O)c1c(C2C3CN(C(=O)OC(C)(C)C)CC32)noc1C. The second kappa shape index (κ2) is 5.79. The maximum absolute atomic E-state index is 12.1. The number of rotatable bonds is 3. The number of aromatic nitrogens is 1. The van der Waals surface area contributed by atoms with E-state index in [2.05, 4.69) is 5.16 Å². The van der Waals surface area contributed by atoms with Crippen molar-refractivity contribution in [3.63, 3.8) is 0 Å². The molecular formula is C17H24N2O5. The molecule has 132 valence electrons. The zero-order valence-corrected chi connectivity index (χ0v) is 14.8. The smallest absolute Gasteiger partial charge is 0.410 e. The first kappa shape index (κ1) is 16.8. The molecule has 7 nitrogen and oxygen atoms in total. The Labute approximate surface area is 141 Å². The molecule has 0 bridgehead atoms. The number of aryl methyl sites for hydroxylation is 1. The number of ether oxygens (including phenoxy) is 2. The van der Waals surface area contributed by atoms with Gasteiger partial charge in [0, 0.05) is 19.0 Å². The lowest BCUT2D eigenvalue weighted by Crippen LogP contribution is -2.37. The number of nitrogens with zero attached hydrogens (tertiary/aromatic N) is 2. The number of piperidine rings is 1. The molecule has 1 aromatic heterocycles. The van der Waals surface area contributed by atoms with Crippen LogP contribution in [0.5, 0.6) is 0 Å². The number of amides is 1. The second-order valence-electron chi connectivity index (χ2n) is 7.46. The lowest BCUT2D eigenvalue weighted by molar-refractivity contribution is 0.0269. The lowest BCUT2D eigenvalue weighted by atomic mass is 10.1. The summed E-state index contributed by atoms with van der Waals surface area (Å²) in [4.78, 5) is 26.0. The molecule has 1 aliphatic heterocycles. The van der Waals surface area contributed by atoms with Crippen LogP contribution in [0.3, 0.4) is 0 Å². The van der Waals surface area contributed by atoms with Gasteiger partial charge in [0.15, 0.2) is 0 Å². The van der Waals surface area contributed by atoms with E-state index >= 15 is 0 Å². The van der Waals surface area contributed by atoms with Crippen molar-refractivity contribution >= 4 is 12.1 Å². The third kappa shape index (κ3) is 2.99. The molecule has 2 heterocycles. The number of hydrogen-bond donors (Lipinski definition) is 0. The Hall–Kier alpha value is -2.05. The van der Waals surface area contributed by atoms with Gasteiger partial charge in [-0.15, -0.1) is 0 Å². The molecule has 24 heavy (non-hydrogen) atoms. The van der Waals surface area contributed by atoms with E-state index in [4.69, 9.17) is 14.0 Å². The van der Waals surface area contributed by atoms with Gasteiger partial charge in [-0.1, -0.05) is 5.16 Å². The molecule has 0 radical (unpaired) electrons. The van der Waals surface area contributed by atoms with Gasteiger partial charge in [0.2, 0.25) is 0 Å². The largest absolute Gasteiger partial charge is 0.462 e. The first-order valence-corrected chi connectivity index (χ1v) is 8.34. The zero-order valence-electron chi connectivity index (χ0n) is 14.8. The normalized spacial score (nSPS) is 25.4. The molecule has 1 saturated heterocycles. The predicted molar refractivity (Wildman–Crippen MR) is 84.7 cm³/mol. The van der Waals surface area contributed by atoms with Crippen LogP contribution in [0.4, 0.5) is 4.79 Å². The second-order valence-corrected chi connectivity index (χ2v) is 7.46. The average Bonchev–Trinajstić information content (AvgIpc) is 2.84. The highest BCUT2D eigenvalue weighted by molar-refractivity contribution is 5.92. The molecule has 1 amide bonds. The fourth-order valence-corrected chi connectivity index (χ4v) is 3.48. The van der Waals surface area contributed by atoms with Gasteiger partial charge in [0.05, 0.1) is 6.61 Å². The van der Waals surface area contributed by atoms with E-state index in [1.807, 2.05) is 20.8 Å². The van der Waals surface area contributed by atoms with E-state index in [0.717, 1.165) is 0 Å². The van der Waals surface area contributed by atoms with E-state index in [-0.39, 0.29) is 18.0 Å². The van der Waals surface area contributed by atoms with Crippen molar-refractivity contribution in [3.05, 3.63) is 17.0 Å². The van der Waals surface area contributed by atoms with E-state index in [0.29, 0.717) is 48.5 Å². The number of likely N-dealkylation sites (tertiary alicyclic amines) is 1. The zero-order chi connectivity index (χ0) is 17.6. The highest BCUT2D eigenvalue weighted by Crippen LogP contribution is 2.58. The van der Waals surface area contributed by atoms with Crippen LogP contribution in [-0.2, 0) is 9.47 Å². The first-order valence-electron chi connectivity index (χ1n) is 8.34. The van der Waals surface area contributed by atoms with Gasteiger partial charge in [0.1, 0.15) is 22.6 Å². The van der Waals surface area contributed by atoms with Gasteiger partial charge in [-0.3, -0.25) is 0 Å². The summed E-state index contributed by atoms with van der Waals surface area (Å²) in [6.07, 6.45) is -0.282. The Morgan fingerprint density at radius 1 is 1.29 bits per heavy atom. The van der Waals surface area contributed by atoms with Gasteiger partial charge < -0.3 is 18.9 Å². The van der Waals surface area contributed by atoms with Gasteiger partial charge in [-0.05, 0) is 46.5 Å². The van der Waals surface area contributed by atoms with Crippen LogP contribution in [0.25, 0.3) is 0 Å². The summed E-state index contributed by atoms with van der Waals surface area (Å²) >= 11 is 0. The molecule has 0 aromatic carbocycles. The molecule has 2 unspecified atom stereocenters. The van der Waals surface area contributed by atoms with E-state index in [9.17, 15) is 9.59 Å². The molecular weight excluding hydrogens is 312 g/mol. The van der Waals surface area contributed by atoms with Crippen molar-refractivity contribution in [1.29, 1.82) is 0 Å². The van der Waals surface area contributed by atoms with E-state index in [1.54, 1.807) is 18.7 Å². The Balaban J connectivity index is 1.66. The molecule has 1 aliphatic carbocycles. The van der Waals surface area contributed by atoms with Gasteiger partial charge in [-0.2, -0.15) is 0 Å². The van der Waals surface area contributed by atoms with Gasteiger partial charge in [-0.25, -0.2) is 9.59 Å². The summed E-state index contributed by atoms with van der Waals surface area (Å²) < 4.78 is 15.7. The van der Waals surface area contributed by atoms with Gasteiger partial charge in [0.25, 0.3) is 0 Å². The maximum atomic E-state index is 12.1. The van der Waals surface area contributed by atoms with Crippen molar-refractivity contribution < 1.29 is 23.6 Å². The summed E-state index contributed by atoms with van der Waals surface area (Å²) in [7, 11) is 0. The van der Waals surface area contributed by atoms with E-state index in [1.165, 1.54) is 0 Å². The van der Waals surface area contributed by atoms with Crippen LogP contribution in [0.2, 0.25) is 0 Å². The number of carbonyl (C=O) groups excluding carboxylic acids is 2. The first-order chi connectivity index (χ1) is 11.2.